The van der Waals surface area contributed by atoms with Gasteiger partial charge in [-0.25, -0.2) is 9.59 Å². The van der Waals surface area contributed by atoms with Gasteiger partial charge in [0.15, 0.2) is 0 Å². The van der Waals surface area contributed by atoms with Gasteiger partial charge >= 0.3 is 18.2 Å². The number of esters is 1. The molecule has 0 heterocycles. The summed E-state index contributed by atoms with van der Waals surface area (Å²) in [5, 5.41) is 5.48. The normalized spacial score (nSPS) is 13.8. The smallest absolute Gasteiger partial charge is 0.407 e. The molecule has 0 aliphatic heterocycles. The Morgan fingerprint density at radius 1 is 0.795 bits per heavy atom. The van der Waals surface area contributed by atoms with Crippen LogP contribution >= 0.6 is 11.8 Å². The summed E-state index contributed by atoms with van der Waals surface area (Å²) in [5.74, 6) is 1.34. The lowest BCUT2D eigenvalue weighted by atomic mass is 9.85. The molecule has 0 aliphatic carbocycles. The molecule has 44 heavy (non-hydrogen) atoms. The Morgan fingerprint density at radius 3 is 1.89 bits per heavy atom. The first kappa shape index (κ1) is 44.1. The summed E-state index contributed by atoms with van der Waals surface area (Å²) < 4.78 is 20.6. The van der Waals surface area contributed by atoms with Gasteiger partial charge in [0, 0.05) is 44.2 Å². The zero-order valence-electron chi connectivity index (χ0n) is 29.2. The van der Waals surface area contributed by atoms with Crippen LogP contribution in [0.4, 0.5) is 9.59 Å². The highest BCUT2D eigenvalue weighted by molar-refractivity contribution is 7.99. The molecule has 11 heteroatoms. The maximum Gasteiger partial charge on any atom is 0.407 e. The Bertz CT molecular complexity index is 748. The van der Waals surface area contributed by atoms with Crippen molar-refractivity contribution in [1.29, 1.82) is 0 Å². The van der Waals surface area contributed by atoms with Crippen molar-refractivity contribution in [3.63, 3.8) is 0 Å². The van der Waals surface area contributed by atoms with Crippen LogP contribution in [0, 0.1) is 17.3 Å². The van der Waals surface area contributed by atoms with Gasteiger partial charge in [-0.3, -0.25) is 4.79 Å². The van der Waals surface area contributed by atoms with E-state index < -0.39 is 6.09 Å². The minimum atomic E-state index is -0.417. The molecular formula is C33H64N2O8S. The van der Waals surface area contributed by atoms with Gasteiger partial charge in [-0.2, -0.15) is 11.8 Å². The Hall–Kier alpha value is -2.01. The molecule has 0 radical (unpaired) electrons. The number of aldehydes is 1. The highest BCUT2D eigenvalue weighted by Gasteiger charge is 2.21. The molecule has 2 amide bonds. The largest absolute Gasteiger partial charge is 0.465 e. The third kappa shape index (κ3) is 31.4. The molecule has 2 N–H and O–H groups in total. The number of carbonyl (C=O) groups is 4. The summed E-state index contributed by atoms with van der Waals surface area (Å²) in [5.41, 5.74) is 0.175. The maximum absolute atomic E-state index is 11.7. The first-order chi connectivity index (χ1) is 20.7. The Balaban J connectivity index is 0. The number of hydrogen-bond donors (Lipinski definition) is 2. The molecular weight excluding hydrogens is 584 g/mol. The number of nitrogens with one attached hydrogen (secondary N) is 2. The number of alkyl carbamates (subject to hydrolysis) is 2. The van der Waals surface area contributed by atoms with Crippen LogP contribution in [0.5, 0.6) is 0 Å². The third-order valence-electron chi connectivity index (χ3n) is 6.25. The fraction of sp³-hybridized carbons (Fsp3) is 0.879. The van der Waals surface area contributed by atoms with Crippen molar-refractivity contribution in [3.8, 4) is 0 Å². The van der Waals surface area contributed by atoms with Crippen molar-refractivity contribution < 1.29 is 38.1 Å². The van der Waals surface area contributed by atoms with Crippen molar-refractivity contribution in [3.05, 3.63) is 0 Å². The molecule has 0 aliphatic rings. The highest BCUT2D eigenvalue weighted by Crippen LogP contribution is 2.24. The molecule has 0 rings (SSSR count). The van der Waals surface area contributed by atoms with Gasteiger partial charge in [-0.05, 0) is 64.2 Å². The SMILES string of the molecule is CCCCC(C)OC(=O)NCCCCCNC(=O)OC(C)CSCC(C)C=O.COCCCCOC(=O)C(C)CC(C)(C)C. The Labute approximate surface area is 272 Å². The van der Waals surface area contributed by atoms with Gasteiger partial charge in [0.1, 0.15) is 18.5 Å². The number of unbranched alkanes of at least 4 members (excludes halogenated alkanes) is 4. The highest BCUT2D eigenvalue weighted by atomic mass is 32.2. The van der Waals surface area contributed by atoms with Crippen LogP contribution in [-0.4, -0.2) is 81.6 Å². The first-order valence-corrected chi connectivity index (χ1v) is 17.5. The quantitative estimate of drug-likeness (QED) is 0.0512. The molecule has 4 unspecified atom stereocenters. The van der Waals surface area contributed by atoms with E-state index in [0.29, 0.717) is 25.4 Å². The second kappa shape index (κ2) is 28.5. The van der Waals surface area contributed by atoms with Gasteiger partial charge in [0.05, 0.1) is 12.5 Å². The second-order valence-electron chi connectivity index (χ2n) is 12.7. The number of ether oxygens (including phenoxy) is 4. The van der Waals surface area contributed by atoms with Crippen molar-refractivity contribution in [2.24, 2.45) is 17.3 Å². The molecule has 0 saturated heterocycles. The zero-order valence-corrected chi connectivity index (χ0v) is 30.0. The van der Waals surface area contributed by atoms with Crippen molar-refractivity contribution in [1.82, 2.24) is 10.6 Å². The van der Waals surface area contributed by atoms with Crippen molar-refractivity contribution in [2.75, 3.05) is 44.9 Å². The lowest BCUT2D eigenvalue weighted by Crippen LogP contribution is -2.30. The average Bonchev–Trinajstić information content (AvgIpc) is 2.94. The van der Waals surface area contributed by atoms with Crippen LogP contribution < -0.4 is 10.6 Å². The maximum atomic E-state index is 11.7. The van der Waals surface area contributed by atoms with E-state index in [1.165, 1.54) is 0 Å². The van der Waals surface area contributed by atoms with Crippen LogP contribution in [0.3, 0.4) is 0 Å². The molecule has 0 aromatic heterocycles. The van der Waals surface area contributed by atoms with E-state index >= 15 is 0 Å². The van der Waals surface area contributed by atoms with Crippen LogP contribution in [0.1, 0.15) is 113 Å². The Kier molecular flexibility index (Phi) is 28.5. The molecule has 0 aromatic rings. The molecule has 4 atom stereocenters. The van der Waals surface area contributed by atoms with E-state index in [2.05, 4.69) is 38.3 Å². The van der Waals surface area contributed by atoms with E-state index in [1.54, 1.807) is 18.9 Å². The minimum absolute atomic E-state index is 0.0116. The van der Waals surface area contributed by atoms with Gasteiger partial charge in [-0.15, -0.1) is 0 Å². The lowest BCUT2D eigenvalue weighted by Gasteiger charge is -2.22. The molecule has 0 aromatic carbocycles. The van der Waals surface area contributed by atoms with Crippen LogP contribution in [0.25, 0.3) is 0 Å². The first-order valence-electron chi connectivity index (χ1n) is 16.3. The van der Waals surface area contributed by atoms with E-state index in [0.717, 1.165) is 76.4 Å². The number of hydrogen-bond acceptors (Lipinski definition) is 9. The predicted molar refractivity (Wildman–Crippen MR) is 179 cm³/mol. The number of rotatable bonds is 23. The fourth-order valence-corrected chi connectivity index (χ4v) is 4.95. The van der Waals surface area contributed by atoms with Crippen LogP contribution in [-0.2, 0) is 28.5 Å². The Morgan fingerprint density at radius 2 is 1.36 bits per heavy atom. The van der Waals surface area contributed by atoms with E-state index in [-0.39, 0.29) is 41.5 Å². The second-order valence-corrected chi connectivity index (χ2v) is 13.7. The van der Waals surface area contributed by atoms with Crippen LogP contribution in [0.15, 0.2) is 0 Å². The van der Waals surface area contributed by atoms with Gasteiger partial charge in [0.2, 0.25) is 0 Å². The number of carbonyl (C=O) groups excluding carboxylic acids is 4. The predicted octanol–water partition coefficient (Wildman–Crippen LogP) is 7.17. The summed E-state index contributed by atoms with van der Waals surface area (Å²) in [6.45, 7) is 18.4. The third-order valence-corrected chi connectivity index (χ3v) is 7.71. The monoisotopic (exact) mass is 648 g/mol. The molecule has 0 bridgehead atoms. The van der Waals surface area contributed by atoms with Gasteiger partial charge in [0.25, 0.3) is 0 Å². The summed E-state index contributed by atoms with van der Waals surface area (Å²) in [4.78, 5) is 45.4. The molecule has 0 saturated carbocycles. The van der Waals surface area contributed by atoms with E-state index in [4.69, 9.17) is 18.9 Å². The zero-order chi connectivity index (χ0) is 33.8. The lowest BCUT2D eigenvalue weighted by molar-refractivity contribution is -0.149. The average molecular weight is 649 g/mol. The molecule has 10 nitrogen and oxygen atoms in total. The summed E-state index contributed by atoms with van der Waals surface area (Å²) in [6, 6.07) is 0. The minimum Gasteiger partial charge on any atom is -0.465 e. The van der Waals surface area contributed by atoms with Crippen molar-refractivity contribution in [2.45, 2.75) is 125 Å². The molecule has 260 valence electrons. The van der Waals surface area contributed by atoms with Gasteiger partial charge < -0.3 is 34.4 Å². The summed E-state index contributed by atoms with van der Waals surface area (Å²) in [6.07, 6.45) is 8.16. The van der Waals surface area contributed by atoms with Crippen molar-refractivity contribution >= 4 is 36.2 Å². The van der Waals surface area contributed by atoms with Gasteiger partial charge in [-0.1, -0.05) is 54.4 Å². The van der Waals surface area contributed by atoms with E-state index in [9.17, 15) is 19.2 Å². The van der Waals surface area contributed by atoms with E-state index in [1.807, 2.05) is 27.7 Å². The molecule has 0 fully saturated rings. The van der Waals surface area contributed by atoms with Crippen LogP contribution in [0.2, 0.25) is 0 Å². The fourth-order valence-electron chi connectivity index (χ4n) is 3.97. The molecule has 0 spiro atoms. The number of amides is 2. The standard InChI is InChI=1S/C20H38N2O5S.C13H26O3/c1-5-6-10-17(3)26-19(24)21-11-8-7-9-12-22-20(25)27-18(4)15-28-14-16(2)13-23;1-11(10-13(2,3)4)12(14)16-9-7-6-8-15-5/h13,16-18H,5-12,14-15H2,1-4H3,(H,21,24)(H,22,25);11H,6-10H2,1-5H3. The topological polar surface area (TPSA) is 129 Å². The summed E-state index contributed by atoms with van der Waals surface area (Å²) in [7, 11) is 1.68. The number of thioether (sulfide) groups is 1. The summed E-state index contributed by atoms with van der Waals surface area (Å²) >= 11 is 1.60. The number of methoxy groups -OCH3 is 1.